The van der Waals surface area contributed by atoms with Crippen molar-refractivity contribution in [1.29, 1.82) is 0 Å². The van der Waals surface area contributed by atoms with Crippen molar-refractivity contribution in [1.82, 2.24) is 5.32 Å². The first-order chi connectivity index (χ1) is 11.8. The molecule has 0 radical (unpaired) electrons. The van der Waals surface area contributed by atoms with Crippen LogP contribution in [0.3, 0.4) is 0 Å². The van der Waals surface area contributed by atoms with Crippen LogP contribution in [0, 0.1) is 0 Å². The molecule has 2 heteroatoms. The lowest BCUT2D eigenvalue weighted by Gasteiger charge is -2.05. The monoisotopic (exact) mass is 339 g/mol. The van der Waals surface area contributed by atoms with Gasteiger partial charge in [0.15, 0.2) is 0 Å². The Balaban J connectivity index is 3.01. The summed E-state index contributed by atoms with van der Waals surface area (Å²) in [5, 5.41) is 2.99. The zero-order valence-corrected chi connectivity index (χ0v) is 16.8. The highest BCUT2D eigenvalue weighted by molar-refractivity contribution is 5.75. The number of nitrogens with one attached hydrogen (secondary N) is 1. The third-order valence-corrected chi connectivity index (χ3v) is 4.83. The molecule has 0 saturated carbocycles. The summed E-state index contributed by atoms with van der Waals surface area (Å²) in [6.07, 6.45) is 24.0. The molecule has 0 spiro atoms. The van der Waals surface area contributed by atoms with Gasteiger partial charge in [0.25, 0.3) is 0 Å². The van der Waals surface area contributed by atoms with Gasteiger partial charge in [-0.25, -0.2) is 0 Å². The number of hydrogen-bond donors (Lipinski definition) is 1. The van der Waals surface area contributed by atoms with Gasteiger partial charge in [-0.15, -0.1) is 0 Å². The van der Waals surface area contributed by atoms with Crippen LogP contribution in [0.1, 0.15) is 129 Å². The molecule has 0 aliphatic heterocycles. The van der Waals surface area contributed by atoms with Gasteiger partial charge in [0.05, 0.1) is 0 Å². The van der Waals surface area contributed by atoms with E-state index in [1.54, 1.807) is 0 Å². The number of rotatable bonds is 19. The van der Waals surface area contributed by atoms with E-state index in [-0.39, 0.29) is 5.91 Å². The van der Waals surface area contributed by atoms with Crippen LogP contribution < -0.4 is 5.32 Å². The minimum Gasteiger partial charge on any atom is -0.356 e. The van der Waals surface area contributed by atoms with Crippen LogP contribution in [-0.4, -0.2) is 12.5 Å². The third-order valence-electron chi connectivity index (χ3n) is 4.83. The van der Waals surface area contributed by atoms with Crippen molar-refractivity contribution in [2.75, 3.05) is 6.54 Å². The number of carbonyl (C=O) groups excluding carboxylic acids is 1. The van der Waals surface area contributed by atoms with E-state index in [1.165, 1.54) is 96.3 Å². The van der Waals surface area contributed by atoms with Gasteiger partial charge in [-0.2, -0.15) is 0 Å². The van der Waals surface area contributed by atoms with Crippen molar-refractivity contribution in [3.05, 3.63) is 0 Å². The molecule has 0 aliphatic rings. The first kappa shape index (κ1) is 23.5. The van der Waals surface area contributed by atoms with E-state index in [2.05, 4.69) is 12.2 Å². The van der Waals surface area contributed by atoms with Crippen LogP contribution in [0.2, 0.25) is 0 Å². The molecule has 0 atom stereocenters. The quantitative estimate of drug-likeness (QED) is 0.248. The summed E-state index contributed by atoms with van der Waals surface area (Å²) in [4.78, 5) is 11.3. The van der Waals surface area contributed by atoms with Gasteiger partial charge >= 0.3 is 0 Å². The van der Waals surface area contributed by atoms with Crippen LogP contribution in [0.25, 0.3) is 0 Å². The fourth-order valence-electron chi connectivity index (χ4n) is 3.22. The molecule has 0 fully saturated rings. The van der Waals surface area contributed by atoms with Crippen LogP contribution in [0.15, 0.2) is 0 Å². The Morgan fingerprint density at radius 3 is 1.29 bits per heavy atom. The van der Waals surface area contributed by atoms with Crippen molar-refractivity contribution in [2.24, 2.45) is 0 Å². The molecule has 0 saturated heterocycles. The van der Waals surface area contributed by atoms with Gasteiger partial charge < -0.3 is 5.32 Å². The summed E-state index contributed by atoms with van der Waals surface area (Å²) in [6.45, 7) is 5.21. The molecule has 2 nitrogen and oxygen atoms in total. The molecule has 0 aliphatic carbocycles. The molecule has 0 heterocycles. The Labute approximate surface area is 152 Å². The van der Waals surface area contributed by atoms with E-state index in [4.69, 9.17) is 0 Å². The standard InChI is InChI=1S/C22H45NO/c1-3-5-6-7-8-9-10-11-12-13-14-15-16-17-18-19-21-23-22(24)20-4-2/h3-21H2,1-2H3,(H,23,24). The predicted octanol–water partition coefficient (Wildman–Crippen LogP) is 7.16. The number of carbonyl (C=O) groups is 1. The maximum absolute atomic E-state index is 11.3. The van der Waals surface area contributed by atoms with Gasteiger partial charge in [-0.3, -0.25) is 4.79 Å². The Bertz CT molecular complexity index is 252. The molecule has 144 valence electrons. The topological polar surface area (TPSA) is 29.1 Å². The molecule has 0 unspecified atom stereocenters. The average Bonchev–Trinajstić information content (AvgIpc) is 2.58. The van der Waals surface area contributed by atoms with Crippen LogP contribution >= 0.6 is 0 Å². The van der Waals surface area contributed by atoms with Gasteiger partial charge in [0.2, 0.25) is 5.91 Å². The average molecular weight is 340 g/mol. The minimum absolute atomic E-state index is 0.221. The molecule has 0 bridgehead atoms. The highest BCUT2D eigenvalue weighted by Crippen LogP contribution is 2.13. The Kier molecular flexibility index (Phi) is 20.1. The predicted molar refractivity (Wildman–Crippen MR) is 107 cm³/mol. The van der Waals surface area contributed by atoms with Gasteiger partial charge in [0, 0.05) is 13.0 Å². The van der Waals surface area contributed by atoms with Crippen molar-refractivity contribution < 1.29 is 4.79 Å². The summed E-state index contributed by atoms with van der Waals surface area (Å²) in [7, 11) is 0. The summed E-state index contributed by atoms with van der Waals surface area (Å²) < 4.78 is 0. The maximum Gasteiger partial charge on any atom is 0.219 e. The highest BCUT2D eigenvalue weighted by Gasteiger charge is 1.98. The fraction of sp³-hybridized carbons (Fsp3) is 0.955. The summed E-state index contributed by atoms with van der Waals surface area (Å²) in [5.74, 6) is 0.221. The second kappa shape index (κ2) is 20.5. The van der Waals surface area contributed by atoms with Crippen LogP contribution in [-0.2, 0) is 4.79 Å². The largest absolute Gasteiger partial charge is 0.356 e. The summed E-state index contributed by atoms with van der Waals surface area (Å²) in [5.41, 5.74) is 0. The summed E-state index contributed by atoms with van der Waals surface area (Å²) >= 11 is 0. The zero-order chi connectivity index (χ0) is 17.7. The maximum atomic E-state index is 11.3. The SMILES string of the molecule is CCCCCCCCCCCCCCCCCCNC(=O)CCC. The normalized spacial score (nSPS) is 10.9. The van der Waals surface area contributed by atoms with Crippen LogP contribution in [0.4, 0.5) is 0 Å². The second-order valence-corrected chi connectivity index (χ2v) is 7.40. The number of unbranched alkanes of at least 4 members (excludes halogenated alkanes) is 15. The number of amides is 1. The lowest BCUT2D eigenvalue weighted by atomic mass is 10.0. The molecule has 1 N–H and O–H groups in total. The van der Waals surface area contributed by atoms with Gasteiger partial charge in [-0.1, -0.05) is 110 Å². The fourth-order valence-corrected chi connectivity index (χ4v) is 3.22. The molecule has 0 aromatic heterocycles. The Morgan fingerprint density at radius 1 is 0.542 bits per heavy atom. The molecule has 24 heavy (non-hydrogen) atoms. The molecule has 1 amide bonds. The van der Waals surface area contributed by atoms with E-state index >= 15 is 0 Å². The van der Waals surface area contributed by atoms with Gasteiger partial charge in [0.1, 0.15) is 0 Å². The third kappa shape index (κ3) is 19.5. The van der Waals surface area contributed by atoms with E-state index in [1.807, 2.05) is 6.92 Å². The Hall–Kier alpha value is -0.530. The van der Waals surface area contributed by atoms with Crippen molar-refractivity contribution in [3.63, 3.8) is 0 Å². The first-order valence-corrected chi connectivity index (χ1v) is 11.1. The van der Waals surface area contributed by atoms with Crippen molar-refractivity contribution >= 4 is 5.91 Å². The molecule has 0 rings (SSSR count). The molecular weight excluding hydrogens is 294 g/mol. The van der Waals surface area contributed by atoms with E-state index in [0.717, 1.165) is 19.4 Å². The van der Waals surface area contributed by atoms with E-state index in [9.17, 15) is 4.79 Å². The smallest absolute Gasteiger partial charge is 0.219 e. The van der Waals surface area contributed by atoms with E-state index < -0.39 is 0 Å². The second-order valence-electron chi connectivity index (χ2n) is 7.40. The lowest BCUT2D eigenvalue weighted by Crippen LogP contribution is -2.23. The minimum atomic E-state index is 0.221. The van der Waals surface area contributed by atoms with Crippen molar-refractivity contribution in [3.8, 4) is 0 Å². The summed E-state index contributed by atoms with van der Waals surface area (Å²) in [6, 6.07) is 0. The highest BCUT2D eigenvalue weighted by atomic mass is 16.1. The molecule has 0 aromatic carbocycles. The molecular formula is C22H45NO. The zero-order valence-electron chi connectivity index (χ0n) is 16.8. The van der Waals surface area contributed by atoms with Crippen molar-refractivity contribution in [2.45, 2.75) is 129 Å². The van der Waals surface area contributed by atoms with Crippen LogP contribution in [0.5, 0.6) is 0 Å². The Morgan fingerprint density at radius 2 is 0.917 bits per heavy atom. The lowest BCUT2D eigenvalue weighted by molar-refractivity contribution is -0.121. The number of hydrogen-bond acceptors (Lipinski definition) is 1. The first-order valence-electron chi connectivity index (χ1n) is 11.1. The molecule has 0 aromatic rings. The van der Waals surface area contributed by atoms with E-state index in [0.29, 0.717) is 6.42 Å². The van der Waals surface area contributed by atoms with Gasteiger partial charge in [-0.05, 0) is 12.8 Å².